The maximum absolute atomic E-state index is 13.0. The van der Waals surface area contributed by atoms with Crippen LogP contribution in [-0.4, -0.2) is 36.3 Å². The summed E-state index contributed by atoms with van der Waals surface area (Å²) >= 11 is 0. The molecule has 5 nitrogen and oxygen atoms in total. The third-order valence-electron chi connectivity index (χ3n) is 1.85. The minimum Gasteiger partial charge on any atom is -0.482 e. The van der Waals surface area contributed by atoms with Crippen LogP contribution in [0.2, 0.25) is 0 Å². The molecule has 1 aromatic rings. The van der Waals surface area contributed by atoms with Crippen molar-refractivity contribution in [3.63, 3.8) is 0 Å². The molecule has 2 N–H and O–H groups in total. The summed E-state index contributed by atoms with van der Waals surface area (Å²) < 4.78 is 22.6. The Bertz CT molecular complexity index is 396. The number of carbonyl (C=O) groups is 1. The molecule has 0 saturated heterocycles. The Hall–Kier alpha value is -1.60. The van der Waals surface area contributed by atoms with Gasteiger partial charge in [0.15, 0.2) is 6.61 Å². The molecule has 17 heavy (non-hydrogen) atoms. The number of hydrogen-bond donors (Lipinski definition) is 2. The van der Waals surface area contributed by atoms with Crippen molar-refractivity contribution in [1.82, 2.24) is 0 Å². The standard InChI is InChI=1S/C10H12BFO5/c1-2-16-10(13)6-17-9-4-7(11(14)15)3-8(12)5-9/h3-5,14-15H,2,6H2,1H3. The fourth-order valence-electron chi connectivity index (χ4n) is 1.16. The number of halogens is 1. The third-order valence-corrected chi connectivity index (χ3v) is 1.85. The van der Waals surface area contributed by atoms with E-state index in [4.69, 9.17) is 14.8 Å². The van der Waals surface area contributed by atoms with Gasteiger partial charge in [-0.15, -0.1) is 0 Å². The Labute approximate surface area is 97.9 Å². The van der Waals surface area contributed by atoms with Crippen LogP contribution >= 0.6 is 0 Å². The van der Waals surface area contributed by atoms with E-state index in [0.29, 0.717) is 0 Å². The molecule has 0 aromatic heterocycles. The number of hydrogen-bond acceptors (Lipinski definition) is 5. The van der Waals surface area contributed by atoms with E-state index in [1.165, 1.54) is 6.07 Å². The molecule has 0 fully saturated rings. The molecule has 0 radical (unpaired) electrons. The van der Waals surface area contributed by atoms with Crippen molar-refractivity contribution in [3.05, 3.63) is 24.0 Å². The van der Waals surface area contributed by atoms with Gasteiger partial charge in [-0.25, -0.2) is 9.18 Å². The smallest absolute Gasteiger partial charge is 0.482 e. The van der Waals surface area contributed by atoms with E-state index in [-0.39, 0.29) is 24.4 Å². The Morgan fingerprint density at radius 1 is 1.41 bits per heavy atom. The number of rotatable bonds is 5. The van der Waals surface area contributed by atoms with Crippen LogP contribution in [0.15, 0.2) is 18.2 Å². The molecule has 0 aliphatic carbocycles. The van der Waals surface area contributed by atoms with Gasteiger partial charge in [-0.1, -0.05) is 0 Å². The zero-order valence-corrected chi connectivity index (χ0v) is 9.22. The second-order valence-corrected chi connectivity index (χ2v) is 3.19. The highest BCUT2D eigenvalue weighted by Gasteiger charge is 2.14. The highest BCUT2D eigenvalue weighted by Crippen LogP contribution is 2.11. The lowest BCUT2D eigenvalue weighted by molar-refractivity contribution is -0.145. The summed E-state index contributed by atoms with van der Waals surface area (Å²) in [7, 11) is -1.80. The van der Waals surface area contributed by atoms with Crippen molar-refractivity contribution in [2.45, 2.75) is 6.92 Å². The molecule has 1 rings (SSSR count). The number of ether oxygens (including phenoxy) is 2. The predicted octanol–water partition coefficient (Wildman–Crippen LogP) is -0.553. The summed E-state index contributed by atoms with van der Waals surface area (Å²) in [5.74, 6) is -1.24. The first-order chi connectivity index (χ1) is 8.02. The second-order valence-electron chi connectivity index (χ2n) is 3.19. The molecule has 92 valence electrons. The summed E-state index contributed by atoms with van der Waals surface area (Å²) in [6, 6.07) is 3.22. The second kappa shape index (κ2) is 6.22. The summed E-state index contributed by atoms with van der Waals surface area (Å²) in [5.41, 5.74) is -0.0520. The Balaban J connectivity index is 2.68. The minimum atomic E-state index is -1.80. The first kappa shape index (κ1) is 13.5. The van der Waals surface area contributed by atoms with E-state index in [1.54, 1.807) is 6.92 Å². The van der Waals surface area contributed by atoms with E-state index in [0.717, 1.165) is 12.1 Å². The average molecular weight is 242 g/mol. The van der Waals surface area contributed by atoms with Gasteiger partial charge in [0, 0.05) is 6.07 Å². The summed E-state index contributed by atoms with van der Waals surface area (Å²) in [5, 5.41) is 17.8. The van der Waals surface area contributed by atoms with Crippen molar-refractivity contribution in [2.24, 2.45) is 0 Å². The van der Waals surface area contributed by atoms with Gasteiger partial charge in [-0.2, -0.15) is 0 Å². The van der Waals surface area contributed by atoms with Crippen molar-refractivity contribution >= 4 is 18.6 Å². The van der Waals surface area contributed by atoms with Crippen LogP contribution in [-0.2, 0) is 9.53 Å². The number of benzene rings is 1. The Kier molecular flexibility index (Phi) is 4.93. The molecule has 7 heteroatoms. The molecule has 0 aliphatic heterocycles. The lowest BCUT2D eigenvalue weighted by Crippen LogP contribution is -2.30. The van der Waals surface area contributed by atoms with Crippen LogP contribution in [0.1, 0.15) is 6.92 Å². The molecule has 0 bridgehead atoms. The van der Waals surface area contributed by atoms with E-state index >= 15 is 0 Å². The van der Waals surface area contributed by atoms with Crippen molar-refractivity contribution in [1.29, 1.82) is 0 Å². The van der Waals surface area contributed by atoms with E-state index in [2.05, 4.69) is 4.74 Å². The van der Waals surface area contributed by atoms with Gasteiger partial charge in [0.05, 0.1) is 6.61 Å². The fourth-order valence-corrected chi connectivity index (χ4v) is 1.16. The minimum absolute atomic E-state index is 0.0288. The van der Waals surface area contributed by atoms with Crippen LogP contribution in [0.3, 0.4) is 0 Å². The lowest BCUT2D eigenvalue weighted by atomic mass is 9.80. The maximum Gasteiger partial charge on any atom is 0.488 e. The van der Waals surface area contributed by atoms with Gasteiger partial charge in [0.1, 0.15) is 11.6 Å². The topological polar surface area (TPSA) is 76.0 Å². The lowest BCUT2D eigenvalue weighted by Gasteiger charge is -2.07. The van der Waals surface area contributed by atoms with Crippen molar-refractivity contribution < 1.29 is 28.7 Å². The van der Waals surface area contributed by atoms with Crippen LogP contribution in [0.4, 0.5) is 4.39 Å². The van der Waals surface area contributed by atoms with E-state index in [9.17, 15) is 9.18 Å². The molecule has 0 saturated carbocycles. The molecule has 0 unspecified atom stereocenters. The first-order valence-electron chi connectivity index (χ1n) is 4.98. The Morgan fingerprint density at radius 2 is 2.12 bits per heavy atom. The predicted molar refractivity (Wildman–Crippen MR) is 58.4 cm³/mol. The normalized spacial score (nSPS) is 9.88. The number of carbonyl (C=O) groups excluding carboxylic acids is 1. The molecular weight excluding hydrogens is 230 g/mol. The summed E-state index contributed by atoms with van der Waals surface area (Å²) in [6.07, 6.45) is 0. The van der Waals surface area contributed by atoms with E-state index in [1.807, 2.05) is 0 Å². The summed E-state index contributed by atoms with van der Waals surface area (Å²) in [4.78, 5) is 11.0. The average Bonchev–Trinajstić information content (AvgIpc) is 2.26. The SMILES string of the molecule is CCOC(=O)COc1cc(F)cc(B(O)O)c1. The molecule has 0 spiro atoms. The first-order valence-corrected chi connectivity index (χ1v) is 4.98. The zero-order chi connectivity index (χ0) is 12.8. The van der Waals surface area contributed by atoms with Crippen molar-refractivity contribution in [2.75, 3.05) is 13.2 Å². The van der Waals surface area contributed by atoms with Crippen LogP contribution in [0.5, 0.6) is 5.75 Å². The highest BCUT2D eigenvalue weighted by atomic mass is 19.1. The Morgan fingerprint density at radius 3 is 2.71 bits per heavy atom. The molecule has 0 heterocycles. The van der Waals surface area contributed by atoms with Gasteiger partial charge >= 0.3 is 13.1 Å². The fraction of sp³-hybridized carbons (Fsp3) is 0.300. The summed E-state index contributed by atoms with van der Waals surface area (Å²) in [6.45, 7) is 1.52. The molecular formula is C10H12BFO5. The molecule has 0 atom stereocenters. The van der Waals surface area contributed by atoms with Gasteiger partial charge in [-0.3, -0.25) is 0 Å². The van der Waals surface area contributed by atoms with Crippen LogP contribution < -0.4 is 10.2 Å². The van der Waals surface area contributed by atoms with E-state index < -0.39 is 18.9 Å². The van der Waals surface area contributed by atoms with Gasteiger partial charge in [-0.05, 0) is 24.5 Å². The third kappa shape index (κ3) is 4.42. The monoisotopic (exact) mass is 242 g/mol. The highest BCUT2D eigenvalue weighted by molar-refractivity contribution is 6.58. The molecule has 0 amide bonds. The zero-order valence-electron chi connectivity index (χ0n) is 9.22. The largest absolute Gasteiger partial charge is 0.488 e. The van der Waals surface area contributed by atoms with Crippen molar-refractivity contribution in [3.8, 4) is 5.75 Å². The van der Waals surface area contributed by atoms with Gasteiger partial charge in [0.25, 0.3) is 0 Å². The number of esters is 1. The molecule has 1 aromatic carbocycles. The van der Waals surface area contributed by atoms with Crippen LogP contribution in [0.25, 0.3) is 0 Å². The van der Waals surface area contributed by atoms with Crippen LogP contribution in [0, 0.1) is 5.82 Å². The quantitative estimate of drug-likeness (QED) is 0.535. The molecule has 0 aliphatic rings. The van der Waals surface area contributed by atoms with Gasteiger partial charge < -0.3 is 19.5 Å². The van der Waals surface area contributed by atoms with Gasteiger partial charge in [0.2, 0.25) is 0 Å². The maximum atomic E-state index is 13.0.